The van der Waals surface area contributed by atoms with Crippen molar-refractivity contribution in [1.82, 2.24) is 0 Å². The fourth-order valence-corrected chi connectivity index (χ4v) is 6.56. The molecule has 0 radical (unpaired) electrons. The third-order valence-electron chi connectivity index (χ3n) is 7.14. The second kappa shape index (κ2) is 13.7. The zero-order valence-electron chi connectivity index (χ0n) is 24.8. The second-order valence-corrected chi connectivity index (χ2v) is 12.2. The minimum atomic E-state index is -0.929. The number of hydrogen-bond donors (Lipinski definition) is 2. The lowest BCUT2D eigenvalue weighted by Gasteiger charge is -2.26. The highest BCUT2D eigenvalue weighted by molar-refractivity contribution is 9.11. The number of carbonyl (C=O) groups is 1. The van der Waals surface area contributed by atoms with E-state index in [9.17, 15) is 15.0 Å². The van der Waals surface area contributed by atoms with Crippen molar-refractivity contribution in [3.05, 3.63) is 103 Å². The van der Waals surface area contributed by atoms with E-state index >= 15 is 0 Å². The molecule has 2 N–H and O–H groups in total. The van der Waals surface area contributed by atoms with E-state index in [1.165, 1.54) is 7.11 Å². The molecular formula is C34H34Br2O7. The van der Waals surface area contributed by atoms with Gasteiger partial charge in [0.25, 0.3) is 0 Å². The summed E-state index contributed by atoms with van der Waals surface area (Å²) >= 11 is 7.17. The van der Waals surface area contributed by atoms with E-state index in [1.54, 1.807) is 38.5 Å². The van der Waals surface area contributed by atoms with Gasteiger partial charge in [-0.3, -0.25) is 4.79 Å². The van der Waals surface area contributed by atoms with Crippen LogP contribution in [0.4, 0.5) is 0 Å². The molecule has 1 atom stereocenters. The molecule has 4 aromatic carbocycles. The molecule has 0 heterocycles. The summed E-state index contributed by atoms with van der Waals surface area (Å²) in [6.07, 6.45) is -0.128. The molecule has 0 aromatic heterocycles. The zero-order chi connectivity index (χ0) is 31.4. The number of methoxy groups -OCH3 is 3. The van der Waals surface area contributed by atoms with Crippen LogP contribution in [0.5, 0.6) is 34.5 Å². The topological polar surface area (TPSA) is 94.5 Å². The summed E-state index contributed by atoms with van der Waals surface area (Å²) in [5.74, 6) is 1.30. The van der Waals surface area contributed by atoms with Crippen LogP contribution in [0.25, 0.3) is 0 Å². The van der Waals surface area contributed by atoms with Crippen LogP contribution in [0.3, 0.4) is 0 Å². The number of benzene rings is 4. The summed E-state index contributed by atoms with van der Waals surface area (Å²) < 4.78 is 24.8. The van der Waals surface area contributed by atoms with E-state index < -0.39 is 11.9 Å². The molecule has 0 fully saturated rings. The van der Waals surface area contributed by atoms with Crippen LogP contribution >= 0.6 is 31.9 Å². The molecule has 43 heavy (non-hydrogen) atoms. The molecule has 0 aliphatic carbocycles. The minimum absolute atomic E-state index is 0.0300. The number of phenolic OH excluding ortho intramolecular Hbond substituents is 1. The molecule has 4 aromatic rings. The average Bonchev–Trinajstić information content (AvgIpc) is 2.95. The van der Waals surface area contributed by atoms with Crippen molar-refractivity contribution >= 4 is 37.8 Å². The van der Waals surface area contributed by atoms with Crippen molar-refractivity contribution in [3.8, 4) is 34.5 Å². The van der Waals surface area contributed by atoms with Crippen LogP contribution in [-0.2, 0) is 11.2 Å². The van der Waals surface area contributed by atoms with Gasteiger partial charge in [-0.2, -0.15) is 0 Å². The number of aromatic hydroxyl groups is 1. The van der Waals surface area contributed by atoms with E-state index in [4.69, 9.17) is 18.9 Å². The quantitative estimate of drug-likeness (QED) is 0.150. The maximum atomic E-state index is 11.4. The summed E-state index contributed by atoms with van der Waals surface area (Å²) in [5, 5.41) is 20.7. The van der Waals surface area contributed by atoms with Gasteiger partial charge in [0.1, 0.15) is 17.2 Å². The minimum Gasteiger partial charge on any atom is -0.507 e. The van der Waals surface area contributed by atoms with Gasteiger partial charge in [-0.05, 0) is 86.2 Å². The fraction of sp³-hybridized carbons (Fsp3) is 0.265. The molecule has 0 saturated carbocycles. The standard InChI is InChI=1S/C34H34Br2O7/c1-18(2)22-14-29(43-34-25(35)11-20(12-26(34)36)13-32(38)39)24(16-28(22)40-4)33(21-9-7-8-19(3)10-21)23-15-30(41-5)31(42-6)17-27(23)37/h7-12,14-18,33,37H,13H2,1-6H3,(H,38,39). The van der Waals surface area contributed by atoms with Gasteiger partial charge in [0, 0.05) is 28.7 Å². The number of carboxylic acid groups (broad SMARTS) is 1. The Morgan fingerprint density at radius 3 is 1.93 bits per heavy atom. The molecule has 0 bridgehead atoms. The Balaban J connectivity index is 2.03. The van der Waals surface area contributed by atoms with Gasteiger partial charge in [-0.25, -0.2) is 0 Å². The Labute approximate surface area is 268 Å². The van der Waals surface area contributed by atoms with E-state index in [0.717, 1.165) is 22.3 Å². The van der Waals surface area contributed by atoms with E-state index in [1.807, 2.05) is 37.3 Å². The first kappa shape index (κ1) is 32.2. The molecule has 0 aliphatic rings. The maximum absolute atomic E-state index is 11.4. The van der Waals surface area contributed by atoms with Crippen molar-refractivity contribution in [3.63, 3.8) is 0 Å². The number of ether oxygens (including phenoxy) is 4. The summed E-state index contributed by atoms with van der Waals surface area (Å²) in [7, 11) is 4.71. The van der Waals surface area contributed by atoms with Gasteiger partial charge in [0.2, 0.25) is 0 Å². The lowest BCUT2D eigenvalue weighted by Crippen LogP contribution is -2.09. The molecule has 9 heteroatoms. The summed E-state index contributed by atoms with van der Waals surface area (Å²) in [5.41, 5.74) is 4.85. The van der Waals surface area contributed by atoms with Crippen LogP contribution in [-0.4, -0.2) is 37.5 Å². The van der Waals surface area contributed by atoms with Crippen molar-refractivity contribution in [1.29, 1.82) is 0 Å². The molecule has 7 nitrogen and oxygen atoms in total. The highest BCUT2D eigenvalue weighted by atomic mass is 79.9. The van der Waals surface area contributed by atoms with Crippen molar-refractivity contribution in [2.75, 3.05) is 21.3 Å². The molecule has 226 valence electrons. The van der Waals surface area contributed by atoms with E-state index in [2.05, 4.69) is 51.8 Å². The van der Waals surface area contributed by atoms with E-state index in [-0.39, 0.29) is 18.1 Å². The molecule has 0 saturated heterocycles. The Bertz CT molecular complexity index is 1630. The fourth-order valence-electron chi connectivity index (χ4n) is 5.12. The summed E-state index contributed by atoms with van der Waals surface area (Å²) in [4.78, 5) is 11.3. The molecule has 0 amide bonds. The first-order chi connectivity index (χ1) is 20.5. The number of hydrogen-bond acceptors (Lipinski definition) is 6. The maximum Gasteiger partial charge on any atom is 0.307 e. The van der Waals surface area contributed by atoms with E-state index in [0.29, 0.717) is 48.8 Å². The SMILES string of the molecule is COc1cc(O)c(C(c2cccc(C)c2)c2cc(OC)c(C(C)C)cc2Oc2c(Br)cc(CC(=O)O)cc2Br)cc1OC. The number of aryl methyl sites for hydroxylation is 1. The summed E-state index contributed by atoms with van der Waals surface area (Å²) in [6, 6.07) is 18.8. The normalized spacial score (nSPS) is 11.7. The number of aliphatic carboxylic acids is 1. The van der Waals surface area contributed by atoms with Crippen molar-refractivity contribution in [2.24, 2.45) is 0 Å². The first-order valence-electron chi connectivity index (χ1n) is 13.6. The highest BCUT2D eigenvalue weighted by Crippen LogP contribution is 2.49. The van der Waals surface area contributed by atoms with Gasteiger partial charge in [0.05, 0.1) is 36.7 Å². The van der Waals surface area contributed by atoms with Gasteiger partial charge in [-0.15, -0.1) is 0 Å². The zero-order valence-corrected chi connectivity index (χ0v) is 28.0. The first-order valence-corrected chi connectivity index (χ1v) is 15.2. The number of carboxylic acids is 1. The number of rotatable bonds is 11. The van der Waals surface area contributed by atoms with Gasteiger partial charge < -0.3 is 29.2 Å². The smallest absolute Gasteiger partial charge is 0.307 e. The third-order valence-corrected chi connectivity index (χ3v) is 8.32. The number of phenols is 1. The third kappa shape index (κ3) is 7.11. The Hall–Kier alpha value is -3.69. The molecule has 4 rings (SSSR count). The molecule has 1 unspecified atom stereocenters. The lowest BCUT2D eigenvalue weighted by molar-refractivity contribution is -0.136. The Kier molecular flexibility index (Phi) is 10.3. The van der Waals surface area contributed by atoms with Crippen LogP contribution in [0.15, 0.2) is 69.6 Å². The Morgan fingerprint density at radius 2 is 1.37 bits per heavy atom. The Morgan fingerprint density at radius 1 is 0.791 bits per heavy atom. The van der Waals surface area contributed by atoms with Crippen LogP contribution in [0, 0.1) is 6.92 Å². The molecule has 0 spiro atoms. The van der Waals surface area contributed by atoms with Crippen LogP contribution in [0.1, 0.15) is 59.1 Å². The van der Waals surface area contributed by atoms with Crippen molar-refractivity contribution < 1.29 is 34.0 Å². The predicted octanol–water partition coefficient (Wildman–Crippen LogP) is 8.97. The van der Waals surface area contributed by atoms with Crippen LogP contribution < -0.4 is 18.9 Å². The second-order valence-electron chi connectivity index (χ2n) is 10.5. The average molecular weight is 714 g/mol. The van der Waals surface area contributed by atoms with Gasteiger partial charge in [-0.1, -0.05) is 43.7 Å². The monoisotopic (exact) mass is 712 g/mol. The predicted molar refractivity (Wildman–Crippen MR) is 174 cm³/mol. The number of halogens is 2. The summed E-state index contributed by atoms with van der Waals surface area (Å²) in [6.45, 7) is 6.17. The van der Waals surface area contributed by atoms with Crippen molar-refractivity contribution in [2.45, 2.75) is 39.0 Å². The van der Waals surface area contributed by atoms with Crippen LogP contribution in [0.2, 0.25) is 0 Å². The van der Waals surface area contributed by atoms with Gasteiger partial charge >= 0.3 is 5.97 Å². The highest BCUT2D eigenvalue weighted by Gasteiger charge is 2.29. The largest absolute Gasteiger partial charge is 0.507 e. The lowest BCUT2D eigenvalue weighted by atomic mass is 9.82. The van der Waals surface area contributed by atoms with Gasteiger partial charge in [0.15, 0.2) is 17.2 Å². The molecule has 0 aliphatic heterocycles. The molecular weight excluding hydrogens is 680 g/mol.